The highest BCUT2D eigenvalue weighted by atomic mass is 35.5. The van der Waals surface area contributed by atoms with E-state index in [9.17, 15) is 5.21 Å². The molecule has 1 fully saturated rings. The van der Waals surface area contributed by atoms with Crippen molar-refractivity contribution < 1.29 is 5.06 Å². The molecule has 2 heterocycles. The van der Waals surface area contributed by atoms with Crippen LogP contribution in [0.1, 0.15) is 12.0 Å². The molecule has 0 amide bonds. The van der Waals surface area contributed by atoms with Gasteiger partial charge in [0, 0.05) is 13.5 Å². The zero-order valence-electron chi connectivity index (χ0n) is 11.1. The summed E-state index contributed by atoms with van der Waals surface area (Å²) in [5, 5.41) is 18.8. The summed E-state index contributed by atoms with van der Waals surface area (Å²) in [6.45, 7) is 2.21. The van der Waals surface area contributed by atoms with Crippen molar-refractivity contribution in [3.8, 4) is 0 Å². The van der Waals surface area contributed by atoms with E-state index < -0.39 is 0 Å². The van der Waals surface area contributed by atoms with Crippen LogP contribution >= 0.6 is 12.4 Å². The van der Waals surface area contributed by atoms with Gasteiger partial charge in [-0.15, -0.1) is 12.4 Å². The Balaban J connectivity index is 0.00000133. The number of rotatable bonds is 2. The molecule has 0 bridgehead atoms. The van der Waals surface area contributed by atoms with Crippen molar-refractivity contribution in [3.05, 3.63) is 41.1 Å². The Morgan fingerprint density at radius 3 is 2.84 bits per heavy atom. The van der Waals surface area contributed by atoms with Gasteiger partial charge >= 0.3 is 0 Å². The van der Waals surface area contributed by atoms with Crippen LogP contribution in [0.25, 0.3) is 0 Å². The second kappa shape index (κ2) is 5.49. The smallest absolute Gasteiger partial charge is 0.0900 e. The normalized spacial score (nSPS) is 29.5. The second-order valence-corrected chi connectivity index (χ2v) is 5.52. The van der Waals surface area contributed by atoms with Gasteiger partial charge in [0.25, 0.3) is 0 Å². The first-order valence-electron chi connectivity index (χ1n) is 6.53. The van der Waals surface area contributed by atoms with Crippen molar-refractivity contribution in [1.82, 2.24) is 5.01 Å². The molecule has 1 N–H and O–H groups in total. The number of hydrogen-bond acceptors (Lipinski definition) is 3. The molecule has 0 aliphatic carbocycles. The highest BCUT2D eigenvalue weighted by molar-refractivity contribution is 5.92. The maximum atomic E-state index is 11.8. The van der Waals surface area contributed by atoms with Gasteiger partial charge in [-0.05, 0) is 12.0 Å². The van der Waals surface area contributed by atoms with Gasteiger partial charge in [-0.1, -0.05) is 30.3 Å². The first kappa shape index (κ1) is 14.3. The minimum Gasteiger partial charge on any atom is -0.634 e. The third kappa shape index (κ3) is 2.76. The van der Waals surface area contributed by atoms with E-state index in [0.717, 1.165) is 19.4 Å². The molecule has 104 valence electrons. The molecule has 2 unspecified atom stereocenters. The lowest BCUT2D eigenvalue weighted by Crippen LogP contribution is -3.10. The van der Waals surface area contributed by atoms with Crippen LogP contribution in [-0.4, -0.2) is 37.4 Å². The van der Waals surface area contributed by atoms with E-state index in [1.807, 2.05) is 18.1 Å². The zero-order chi connectivity index (χ0) is 12.6. The minimum absolute atomic E-state index is 0. The van der Waals surface area contributed by atoms with Crippen LogP contribution in [0.3, 0.4) is 0 Å². The van der Waals surface area contributed by atoms with E-state index in [1.54, 1.807) is 0 Å². The van der Waals surface area contributed by atoms with Crippen LogP contribution in [0.15, 0.2) is 35.4 Å². The van der Waals surface area contributed by atoms with Gasteiger partial charge in [0.2, 0.25) is 0 Å². The number of quaternary nitrogens is 1. The molecule has 2 aliphatic rings. The van der Waals surface area contributed by atoms with Crippen LogP contribution in [0, 0.1) is 10.6 Å². The predicted octanol–water partition coefficient (Wildman–Crippen LogP) is 0.725. The number of piperidine rings is 1. The fraction of sp³-hybridized carbons (Fsp3) is 0.500. The van der Waals surface area contributed by atoms with Gasteiger partial charge in [0.15, 0.2) is 0 Å². The summed E-state index contributed by atoms with van der Waals surface area (Å²) in [6.07, 6.45) is 1.78. The Morgan fingerprint density at radius 1 is 1.37 bits per heavy atom. The number of hydrogen-bond donors (Lipinski definition) is 1. The Kier molecular flexibility index (Phi) is 4.13. The van der Waals surface area contributed by atoms with E-state index in [1.165, 1.54) is 11.3 Å². The highest BCUT2D eigenvalue weighted by Gasteiger charge is 2.46. The standard InChI is InChI=1S/C14H19N3O.ClH/c1-16-10-14(9-12-5-3-2-4-6-12)11-17(18)8-7-13(14)15-16;/h2-6,17H,7-11H2,1H3;1H. The lowest BCUT2D eigenvalue weighted by atomic mass is 9.74. The summed E-state index contributed by atoms with van der Waals surface area (Å²) < 4.78 is 0. The number of halogens is 1. The summed E-state index contributed by atoms with van der Waals surface area (Å²) in [5.74, 6) is 0. The average Bonchev–Trinajstić information content (AvgIpc) is 2.65. The maximum Gasteiger partial charge on any atom is 0.0900 e. The monoisotopic (exact) mass is 281 g/mol. The SMILES string of the molecule is CN1CC2(Cc3ccccc3)C[NH+]([O-])CCC2=N1.Cl. The predicted molar refractivity (Wildman–Crippen MR) is 78.6 cm³/mol. The summed E-state index contributed by atoms with van der Waals surface area (Å²) in [5.41, 5.74) is 2.49. The highest BCUT2D eigenvalue weighted by Crippen LogP contribution is 2.32. The Bertz CT molecular complexity index is 465. The van der Waals surface area contributed by atoms with E-state index in [2.05, 4.69) is 29.4 Å². The van der Waals surface area contributed by atoms with Crippen molar-refractivity contribution in [3.63, 3.8) is 0 Å². The van der Waals surface area contributed by atoms with Gasteiger partial charge in [-0.25, -0.2) is 0 Å². The minimum atomic E-state index is -0.0363. The molecule has 1 aromatic carbocycles. The zero-order valence-corrected chi connectivity index (χ0v) is 11.9. The molecule has 0 radical (unpaired) electrons. The molecule has 4 nitrogen and oxygen atoms in total. The number of nitrogens with one attached hydrogen (secondary N) is 1. The van der Waals surface area contributed by atoms with Crippen molar-refractivity contribution in [2.45, 2.75) is 12.8 Å². The van der Waals surface area contributed by atoms with Crippen LogP contribution in [0.2, 0.25) is 0 Å². The summed E-state index contributed by atoms with van der Waals surface area (Å²) in [7, 11) is 2.00. The van der Waals surface area contributed by atoms with Crippen molar-refractivity contribution in [2.24, 2.45) is 10.5 Å². The van der Waals surface area contributed by atoms with E-state index in [0.29, 0.717) is 18.2 Å². The lowest BCUT2D eigenvalue weighted by molar-refractivity contribution is -0.856. The number of benzene rings is 1. The summed E-state index contributed by atoms with van der Waals surface area (Å²) in [4.78, 5) is 0. The molecule has 2 aliphatic heterocycles. The van der Waals surface area contributed by atoms with Gasteiger partial charge in [0.1, 0.15) is 0 Å². The Morgan fingerprint density at radius 2 is 2.11 bits per heavy atom. The Hall–Kier alpha value is -1.10. The summed E-state index contributed by atoms with van der Waals surface area (Å²) in [6, 6.07) is 10.4. The molecule has 2 atom stereocenters. The molecule has 5 heteroatoms. The molecule has 1 saturated heterocycles. The topological polar surface area (TPSA) is 43.1 Å². The van der Waals surface area contributed by atoms with Crippen molar-refractivity contribution in [2.75, 3.05) is 26.7 Å². The van der Waals surface area contributed by atoms with Crippen molar-refractivity contribution in [1.29, 1.82) is 0 Å². The Labute approximate surface area is 120 Å². The summed E-state index contributed by atoms with van der Waals surface area (Å²) >= 11 is 0. The van der Waals surface area contributed by atoms with Crippen molar-refractivity contribution >= 4 is 18.1 Å². The third-order valence-electron chi connectivity index (χ3n) is 4.00. The molecule has 0 spiro atoms. The number of hydrazone groups is 1. The van der Waals surface area contributed by atoms with Crippen LogP contribution in [0.4, 0.5) is 0 Å². The first-order chi connectivity index (χ1) is 8.68. The van der Waals surface area contributed by atoms with E-state index >= 15 is 0 Å². The van der Waals surface area contributed by atoms with Gasteiger partial charge in [0.05, 0.1) is 30.8 Å². The van der Waals surface area contributed by atoms with Crippen LogP contribution < -0.4 is 5.06 Å². The quantitative estimate of drug-likeness (QED) is 0.812. The van der Waals surface area contributed by atoms with Gasteiger partial charge < -0.3 is 10.3 Å². The largest absolute Gasteiger partial charge is 0.634 e. The molecule has 1 aromatic rings. The number of hydroxylamine groups is 2. The van der Waals surface area contributed by atoms with E-state index in [-0.39, 0.29) is 17.8 Å². The first-order valence-corrected chi connectivity index (χ1v) is 6.53. The molecule has 0 saturated carbocycles. The number of fused-ring (bicyclic) bond motifs is 1. The molecular formula is C14H20ClN3O. The second-order valence-electron chi connectivity index (χ2n) is 5.52. The maximum absolute atomic E-state index is 11.8. The van der Waals surface area contributed by atoms with Gasteiger partial charge in [-0.3, -0.25) is 5.01 Å². The molecule has 19 heavy (non-hydrogen) atoms. The molecule has 0 aromatic heterocycles. The lowest BCUT2D eigenvalue weighted by Gasteiger charge is -2.40. The van der Waals surface area contributed by atoms with Gasteiger partial charge in [-0.2, -0.15) is 5.10 Å². The number of nitrogens with zero attached hydrogens (tertiary/aromatic N) is 2. The molecule has 3 rings (SSSR count). The average molecular weight is 282 g/mol. The fourth-order valence-corrected chi connectivity index (χ4v) is 3.28. The van der Waals surface area contributed by atoms with Crippen LogP contribution in [-0.2, 0) is 6.42 Å². The molecular weight excluding hydrogens is 262 g/mol. The van der Waals surface area contributed by atoms with Crippen LogP contribution in [0.5, 0.6) is 0 Å². The fourth-order valence-electron chi connectivity index (χ4n) is 3.28. The van der Waals surface area contributed by atoms with E-state index in [4.69, 9.17) is 0 Å². The third-order valence-corrected chi connectivity index (χ3v) is 4.00.